The van der Waals surface area contributed by atoms with Crippen molar-refractivity contribution in [1.82, 2.24) is 10.2 Å². The zero-order chi connectivity index (χ0) is 27.5. The molecule has 2 amide bonds. The molecule has 0 radical (unpaired) electrons. The van der Waals surface area contributed by atoms with Crippen molar-refractivity contribution in [2.24, 2.45) is 0 Å². The largest absolute Gasteiger partial charge is 0.354 e. The third-order valence-corrected chi connectivity index (χ3v) is 7.34. The van der Waals surface area contributed by atoms with E-state index in [1.54, 1.807) is 4.90 Å². The number of carbonyl (C=O) groups is 2. The van der Waals surface area contributed by atoms with Crippen molar-refractivity contribution >= 4 is 27.7 Å². The van der Waals surface area contributed by atoms with Crippen LogP contribution in [0, 0.1) is 0 Å². The lowest BCUT2D eigenvalue weighted by atomic mass is 9.86. The van der Waals surface area contributed by atoms with Gasteiger partial charge in [-0.15, -0.1) is 0 Å². The Morgan fingerprint density at radius 3 is 2.11 bits per heavy atom. The summed E-state index contributed by atoms with van der Waals surface area (Å²) in [6.07, 6.45) is 3.37. The molecule has 3 rings (SSSR count). The number of aryl methyl sites for hydroxylation is 1. The molecule has 0 aliphatic rings. The van der Waals surface area contributed by atoms with Crippen LogP contribution in [0.1, 0.15) is 69.2 Å². The first kappa shape index (κ1) is 29.6. The lowest BCUT2D eigenvalue weighted by Crippen LogP contribution is -2.50. The maximum Gasteiger partial charge on any atom is 0.243 e. The topological polar surface area (TPSA) is 49.4 Å². The van der Waals surface area contributed by atoms with Crippen LogP contribution in [-0.2, 0) is 34.4 Å². The van der Waals surface area contributed by atoms with E-state index >= 15 is 0 Å². The highest BCUT2D eigenvalue weighted by Gasteiger charge is 2.30. The fraction of sp³-hybridized carbons (Fsp3) is 0.394. The van der Waals surface area contributed by atoms with Crippen molar-refractivity contribution < 1.29 is 9.59 Å². The highest BCUT2D eigenvalue weighted by atomic mass is 79.9. The fourth-order valence-corrected chi connectivity index (χ4v) is 4.68. The second kappa shape index (κ2) is 14.3. The minimum absolute atomic E-state index is 0.0145. The van der Waals surface area contributed by atoms with E-state index in [2.05, 4.69) is 73.2 Å². The Balaban J connectivity index is 1.85. The van der Waals surface area contributed by atoms with Crippen molar-refractivity contribution in [2.45, 2.75) is 77.8 Å². The van der Waals surface area contributed by atoms with Gasteiger partial charge in [0, 0.05) is 30.4 Å². The Bertz CT molecular complexity index is 1150. The number of rotatable bonds is 12. The second-order valence-corrected chi connectivity index (χ2v) is 11.9. The van der Waals surface area contributed by atoms with Gasteiger partial charge in [0.15, 0.2) is 0 Å². The van der Waals surface area contributed by atoms with Gasteiger partial charge in [0.05, 0.1) is 0 Å². The predicted molar refractivity (Wildman–Crippen MR) is 160 cm³/mol. The summed E-state index contributed by atoms with van der Waals surface area (Å²) in [6.45, 7) is 9.69. The van der Waals surface area contributed by atoms with Crippen LogP contribution in [0.4, 0.5) is 0 Å². The van der Waals surface area contributed by atoms with Crippen LogP contribution in [0.3, 0.4) is 0 Å². The maximum atomic E-state index is 13.8. The van der Waals surface area contributed by atoms with Crippen molar-refractivity contribution in [3.63, 3.8) is 0 Å². The Morgan fingerprint density at radius 1 is 0.868 bits per heavy atom. The zero-order valence-electron chi connectivity index (χ0n) is 23.2. The van der Waals surface area contributed by atoms with Gasteiger partial charge in [-0.1, -0.05) is 117 Å². The van der Waals surface area contributed by atoms with Gasteiger partial charge in [0.25, 0.3) is 0 Å². The normalized spacial score (nSPS) is 12.1. The van der Waals surface area contributed by atoms with Crippen molar-refractivity contribution in [2.75, 3.05) is 6.54 Å². The summed E-state index contributed by atoms with van der Waals surface area (Å²) in [4.78, 5) is 29.1. The molecule has 0 aliphatic heterocycles. The quantitative estimate of drug-likeness (QED) is 0.231. The Hall–Kier alpha value is -2.92. The number of unbranched alkanes of at least 4 members (excludes halogenated alkanes) is 1. The van der Waals surface area contributed by atoms with Crippen LogP contribution in [0.25, 0.3) is 0 Å². The van der Waals surface area contributed by atoms with Gasteiger partial charge < -0.3 is 10.2 Å². The van der Waals surface area contributed by atoms with Gasteiger partial charge in [-0.05, 0) is 52.6 Å². The Morgan fingerprint density at radius 2 is 1.50 bits per heavy atom. The highest BCUT2D eigenvalue weighted by molar-refractivity contribution is 9.10. The van der Waals surface area contributed by atoms with Gasteiger partial charge >= 0.3 is 0 Å². The van der Waals surface area contributed by atoms with E-state index in [4.69, 9.17) is 0 Å². The Labute approximate surface area is 237 Å². The number of nitrogens with one attached hydrogen (secondary N) is 1. The molecule has 0 aromatic heterocycles. The first-order valence-corrected chi connectivity index (χ1v) is 14.4. The second-order valence-electron chi connectivity index (χ2n) is 10.9. The summed E-state index contributed by atoms with van der Waals surface area (Å²) < 4.78 is 0.982. The molecule has 38 heavy (non-hydrogen) atoms. The van der Waals surface area contributed by atoms with E-state index < -0.39 is 6.04 Å². The lowest BCUT2D eigenvalue weighted by molar-refractivity contribution is -0.141. The molecule has 1 atom stereocenters. The van der Waals surface area contributed by atoms with Gasteiger partial charge in [0.2, 0.25) is 11.8 Å². The van der Waals surface area contributed by atoms with Crippen LogP contribution in [0.15, 0.2) is 83.3 Å². The average molecular weight is 578 g/mol. The highest BCUT2D eigenvalue weighted by Crippen LogP contribution is 2.23. The van der Waals surface area contributed by atoms with Crippen LogP contribution >= 0.6 is 15.9 Å². The lowest BCUT2D eigenvalue weighted by Gasteiger charge is -2.32. The average Bonchev–Trinajstić information content (AvgIpc) is 2.90. The van der Waals surface area contributed by atoms with Crippen LogP contribution < -0.4 is 5.32 Å². The van der Waals surface area contributed by atoms with Gasteiger partial charge in [-0.2, -0.15) is 0 Å². The van der Waals surface area contributed by atoms with Crippen molar-refractivity contribution in [1.29, 1.82) is 0 Å². The first-order chi connectivity index (χ1) is 18.2. The molecular formula is C33H41BrN2O2. The molecule has 0 unspecified atom stereocenters. The van der Waals surface area contributed by atoms with E-state index in [0.717, 1.165) is 34.0 Å². The van der Waals surface area contributed by atoms with Gasteiger partial charge in [-0.3, -0.25) is 9.59 Å². The third kappa shape index (κ3) is 9.13. The summed E-state index contributed by atoms with van der Waals surface area (Å²) in [6, 6.07) is 25.9. The van der Waals surface area contributed by atoms with Gasteiger partial charge in [-0.25, -0.2) is 0 Å². The smallest absolute Gasteiger partial charge is 0.243 e. The number of nitrogens with zero attached hydrogens (tertiary/aromatic N) is 1. The number of carbonyl (C=O) groups excluding carboxylic acids is 2. The maximum absolute atomic E-state index is 13.8. The minimum atomic E-state index is -0.589. The minimum Gasteiger partial charge on any atom is -0.354 e. The molecule has 0 fully saturated rings. The summed E-state index contributed by atoms with van der Waals surface area (Å²) in [7, 11) is 0. The van der Waals surface area contributed by atoms with E-state index in [1.807, 2.05) is 54.6 Å². The third-order valence-electron chi connectivity index (χ3n) is 6.81. The van der Waals surface area contributed by atoms with Crippen molar-refractivity contribution in [3.8, 4) is 0 Å². The van der Waals surface area contributed by atoms with E-state index in [9.17, 15) is 9.59 Å². The molecule has 4 nitrogen and oxygen atoms in total. The SMILES string of the molecule is CCCCNC(=O)[C@@H](Cc1ccccc1)N(Cc1ccc(Br)cc1)C(=O)CCc1ccc(C(C)(C)C)cc1. The molecular weight excluding hydrogens is 536 g/mol. The molecule has 0 heterocycles. The van der Waals surface area contributed by atoms with Crippen LogP contribution in [-0.4, -0.2) is 29.3 Å². The molecule has 0 saturated carbocycles. The number of halogens is 1. The predicted octanol–water partition coefficient (Wildman–Crippen LogP) is 7.24. The van der Waals surface area contributed by atoms with E-state index in [1.165, 1.54) is 5.56 Å². The molecule has 5 heteroatoms. The summed E-state index contributed by atoms with van der Waals surface area (Å²) in [5, 5.41) is 3.09. The number of amides is 2. The summed E-state index contributed by atoms with van der Waals surface area (Å²) in [5.74, 6) is -0.110. The van der Waals surface area contributed by atoms with E-state index in [0.29, 0.717) is 32.4 Å². The molecule has 0 aliphatic carbocycles. The summed E-state index contributed by atoms with van der Waals surface area (Å²) >= 11 is 3.50. The molecule has 0 bridgehead atoms. The number of hydrogen-bond acceptors (Lipinski definition) is 2. The molecule has 202 valence electrons. The standard InChI is InChI=1S/C33H41BrN2O2/c1-5-6-22-35-32(38)30(23-26-10-8-7-9-11-26)36(24-27-14-19-29(34)20-15-27)31(37)21-16-25-12-17-28(18-13-25)33(2,3)4/h7-15,17-20,30H,5-6,16,21-24H2,1-4H3,(H,35,38)/t30-/m1/s1. The molecule has 1 N–H and O–H groups in total. The van der Waals surface area contributed by atoms with Gasteiger partial charge in [0.1, 0.15) is 6.04 Å². The number of hydrogen-bond donors (Lipinski definition) is 1. The van der Waals surface area contributed by atoms with E-state index in [-0.39, 0.29) is 17.2 Å². The van der Waals surface area contributed by atoms with Crippen LogP contribution in [0.5, 0.6) is 0 Å². The summed E-state index contributed by atoms with van der Waals surface area (Å²) in [5.41, 5.74) is 4.52. The first-order valence-electron chi connectivity index (χ1n) is 13.6. The molecule has 3 aromatic carbocycles. The fourth-order valence-electron chi connectivity index (χ4n) is 4.41. The number of benzene rings is 3. The molecule has 0 saturated heterocycles. The zero-order valence-corrected chi connectivity index (χ0v) is 24.8. The van der Waals surface area contributed by atoms with Crippen molar-refractivity contribution in [3.05, 3.63) is 106 Å². The molecule has 3 aromatic rings. The Kier molecular flexibility index (Phi) is 11.1. The monoisotopic (exact) mass is 576 g/mol. The van der Waals surface area contributed by atoms with Crippen LogP contribution in [0.2, 0.25) is 0 Å². The molecule has 0 spiro atoms.